The highest BCUT2D eigenvalue weighted by atomic mass is 32.2. The van der Waals surface area contributed by atoms with Crippen molar-refractivity contribution in [3.63, 3.8) is 0 Å². The van der Waals surface area contributed by atoms with Gasteiger partial charge in [-0.15, -0.1) is 0 Å². The summed E-state index contributed by atoms with van der Waals surface area (Å²) in [5.41, 5.74) is 2.28. The first-order chi connectivity index (χ1) is 6.65. The van der Waals surface area contributed by atoms with Crippen LogP contribution in [-0.4, -0.2) is 26.8 Å². The predicted molar refractivity (Wildman–Crippen MR) is 61.9 cm³/mol. The average molecular weight is 211 g/mol. The van der Waals surface area contributed by atoms with Gasteiger partial charge in [-0.05, 0) is 13.3 Å². The Hall–Kier alpha value is -0.640. The molecule has 1 saturated heterocycles. The average Bonchev–Trinajstić information content (AvgIpc) is 2.61. The van der Waals surface area contributed by atoms with Gasteiger partial charge in [0.05, 0.1) is 11.4 Å². The first-order valence-electron chi connectivity index (χ1n) is 5.03. The van der Waals surface area contributed by atoms with E-state index in [4.69, 9.17) is 0 Å². The largest absolute Gasteiger partial charge is 0.379 e. The molecular weight excluding hydrogens is 194 g/mol. The minimum absolute atomic E-state index is 0.623. The van der Waals surface area contributed by atoms with Crippen LogP contribution in [0.1, 0.15) is 19.0 Å². The Kier molecular flexibility index (Phi) is 2.72. The molecule has 4 heteroatoms. The highest BCUT2D eigenvalue weighted by Gasteiger charge is 2.22. The van der Waals surface area contributed by atoms with Crippen LogP contribution in [0.4, 0.5) is 5.69 Å². The fourth-order valence-electron chi connectivity index (χ4n) is 1.88. The molecule has 0 spiro atoms. The Morgan fingerprint density at radius 3 is 2.93 bits per heavy atom. The molecule has 0 saturated carbocycles. The van der Waals surface area contributed by atoms with Gasteiger partial charge in [-0.1, -0.05) is 6.92 Å². The van der Waals surface area contributed by atoms with Crippen LogP contribution in [0.25, 0.3) is 0 Å². The summed E-state index contributed by atoms with van der Waals surface area (Å²) in [6.45, 7) is 4.34. The summed E-state index contributed by atoms with van der Waals surface area (Å²) in [6, 6.07) is 0.623. The summed E-state index contributed by atoms with van der Waals surface area (Å²) < 4.78 is 1.86. The highest BCUT2D eigenvalue weighted by Crippen LogP contribution is 2.28. The summed E-state index contributed by atoms with van der Waals surface area (Å²) in [6.07, 6.45) is 3.32. The molecule has 0 amide bonds. The van der Waals surface area contributed by atoms with E-state index in [1.54, 1.807) is 0 Å². The van der Waals surface area contributed by atoms with Crippen molar-refractivity contribution in [1.82, 2.24) is 9.78 Å². The van der Waals surface area contributed by atoms with E-state index in [1.807, 2.05) is 30.4 Å². The van der Waals surface area contributed by atoms with Crippen LogP contribution in [0.3, 0.4) is 0 Å². The molecule has 2 heterocycles. The van der Waals surface area contributed by atoms with E-state index in [1.165, 1.54) is 17.9 Å². The van der Waals surface area contributed by atoms with Crippen molar-refractivity contribution >= 4 is 17.4 Å². The Morgan fingerprint density at radius 2 is 2.43 bits per heavy atom. The van der Waals surface area contributed by atoms with E-state index in [2.05, 4.69) is 23.5 Å². The summed E-state index contributed by atoms with van der Waals surface area (Å²) in [5.74, 6) is 1.22. The summed E-state index contributed by atoms with van der Waals surface area (Å²) in [5, 5.41) is 8.67. The van der Waals surface area contributed by atoms with Crippen molar-refractivity contribution in [3.8, 4) is 0 Å². The second-order valence-corrected chi connectivity index (χ2v) is 5.49. The van der Waals surface area contributed by atoms with Crippen LogP contribution < -0.4 is 5.32 Å². The van der Waals surface area contributed by atoms with Crippen LogP contribution in [0.2, 0.25) is 0 Å². The first kappa shape index (κ1) is 9.90. The van der Waals surface area contributed by atoms with E-state index >= 15 is 0 Å². The van der Waals surface area contributed by atoms with E-state index in [0.29, 0.717) is 6.04 Å². The van der Waals surface area contributed by atoms with Gasteiger partial charge in [0.25, 0.3) is 0 Å². The van der Waals surface area contributed by atoms with Gasteiger partial charge in [-0.25, -0.2) is 0 Å². The fraction of sp³-hybridized carbons (Fsp3) is 0.700. The molecule has 0 radical (unpaired) electrons. The molecule has 14 heavy (non-hydrogen) atoms. The SMILES string of the molecule is Cc1nn(C)cc1NC1CSC(C)C1. The number of thioether (sulfide) groups is 1. The molecule has 1 aliphatic heterocycles. The normalized spacial score (nSPS) is 26.8. The standard InChI is InChI=1S/C10H17N3S/c1-7-4-9(6-14-7)11-10-5-13(3)12-8(10)2/h5,7,9,11H,4,6H2,1-3H3. The third-order valence-electron chi connectivity index (χ3n) is 2.57. The first-order valence-corrected chi connectivity index (χ1v) is 6.08. The van der Waals surface area contributed by atoms with E-state index in [9.17, 15) is 0 Å². The second kappa shape index (κ2) is 3.85. The van der Waals surface area contributed by atoms with Gasteiger partial charge in [-0.3, -0.25) is 4.68 Å². The maximum Gasteiger partial charge on any atom is 0.0825 e. The monoisotopic (exact) mass is 211 g/mol. The smallest absolute Gasteiger partial charge is 0.0825 e. The maximum atomic E-state index is 4.32. The van der Waals surface area contributed by atoms with Gasteiger partial charge in [0, 0.05) is 30.3 Å². The molecule has 1 aliphatic rings. The summed E-state index contributed by atoms with van der Waals surface area (Å²) in [4.78, 5) is 0. The van der Waals surface area contributed by atoms with Crippen molar-refractivity contribution in [2.24, 2.45) is 7.05 Å². The summed E-state index contributed by atoms with van der Waals surface area (Å²) >= 11 is 2.05. The topological polar surface area (TPSA) is 29.9 Å². The number of nitrogens with zero attached hydrogens (tertiary/aromatic N) is 2. The molecular formula is C10H17N3S. The molecule has 3 nitrogen and oxygen atoms in total. The van der Waals surface area contributed by atoms with Crippen LogP contribution in [-0.2, 0) is 7.05 Å². The van der Waals surface area contributed by atoms with Gasteiger partial charge in [0.15, 0.2) is 0 Å². The quantitative estimate of drug-likeness (QED) is 0.812. The van der Waals surface area contributed by atoms with Crippen LogP contribution in [0.15, 0.2) is 6.20 Å². The third-order valence-corrected chi connectivity index (χ3v) is 3.93. The van der Waals surface area contributed by atoms with Crippen LogP contribution in [0, 0.1) is 6.92 Å². The molecule has 2 rings (SSSR count). The molecule has 78 valence electrons. The maximum absolute atomic E-state index is 4.32. The molecule has 1 aromatic heterocycles. The van der Waals surface area contributed by atoms with Crippen LogP contribution in [0.5, 0.6) is 0 Å². The lowest BCUT2D eigenvalue weighted by molar-refractivity contribution is 0.745. The van der Waals surface area contributed by atoms with E-state index < -0.39 is 0 Å². The molecule has 2 unspecified atom stereocenters. The molecule has 0 aromatic carbocycles. The minimum atomic E-state index is 0.623. The Morgan fingerprint density at radius 1 is 1.64 bits per heavy atom. The zero-order valence-corrected chi connectivity index (χ0v) is 9.77. The number of aryl methyl sites for hydroxylation is 2. The van der Waals surface area contributed by atoms with Crippen molar-refractivity contribution in [1.29, 1.82) is 0 Å². The number of nitrogens with one attached hydrogen (secondary N) is 1. The number of aromatic nitrogens is 2. The van der Waals surface area contributed by atoms with Gasteiger partial charge in [0.1, 0.15) is 0 Å². The van der Waals surface area contributed by atoms with Crippen LogP contribution >= 0.6 is 11.8 Å². The Balaban J connectivity index is 2.00. The lowest BCUT2D eigenvalue weighted by atomic mass is 10.2. The van der Waals surface area contributed by atoms with Crippen molar-refractivity contribution in [2.45, 2.75) is 31.6 Å². The molecule has 2 atom stereocenters. The zero-order valence-electron chi connectivity index (χ0n) is 8.95. The molecule has 0 bridgehead atoms. The molecule has 1 aromatic rings. The lowest BCUT2D eigenvalue weighted by Crippen LogP contribution is -2.19. The van der Waals surface area contributed by atoms with E-state index in [0.717, 1.165) is 10.9 Å². The number of hydrogen-bond acceptors (Lipinski definition) is 3. The van der Waals surface area contributed by atoms with Crippen molar-refractivity contribution < 1.29 is 0 Å². The van der Waals surface area contributed by atoms with Crippen molar-refractivity contribution in [2.75, 3.05) is 11.1 Å². The minimum Gasteiger partial charge on any atom is -0.379 e. The second-order valence-electron chi connectivity index (χ2n) is 4.02. The number of anilines is 1. The van der Waals surface area contributed by atoms with E-state index in [-0.39, 0.29) is 0 Å². The molecule has 1 N–H and O–H groups in total. The van der Waals surface area contributed by atoms with Gasteiger partial charge < -0.3 is 5.32 Å². The Bertz CT molecular complexity index is 321. The zero-order chi connectivity index (χ0) is 10.1. The number of hydrogen-bond donors (Lipinski definition) is 1. The lowest BCUT2D eigenvalue weighted by Gasteiger charge is -2.11. The highest BCUT2D eigenvalue weighted by molar-refractivity contribution is 8.00. The molecule has 0 aliphatic carbocycles. The number of rotatable bonds is 2. The van der Waals surface area contributed by atoms with Gasteiger partial charge >= 0.3 is 0 Å². The third kappa shape index (κ3) is 2.05. The van der Waals surface area contributed by atoms with Gasteiger partial charge in [-0.2, -0.15) is 16.9 Å². The molecule has 1 fully saturated rings. The summed E-state index contributed by atoms with van der Waals surface area (Å²) in [7, 11) is 1.96. The fourth-order valence-corrected chi connectivity index (χ4v) is 3.03. The Labute approximate surface area is 89.3 Å². The van der Waals surface area contributed by atoms with Gasteiger partial charge in [0.2, 0.25) is 0 Å². The predicted octanol–water partition coefficient (Wildman–Crippen LogP) is 2.03. The van der Waals surface area contributed by atoms with Crippen molar-refractivity contribution in [3.05, 3.63) is 11.9 Å².